The van der Waals surface area contributed by atoms with Gasteiger partial charge in [0.15, 0.2) is 5.82 Å². The highest BCUT2D eigenvalue weighted by Crippen LogP contribution is 2.31. The van der Waals surface area contributed by atoms with Gasteiger partial charge in [-0.2, -0.15) is 5.26 Å². The molecule has 6 heteroatoms. The minimum atomic E-state index is -0.254. The molecule has 3 rings (SSSR count). The van der Waals surface area contributed by atoms with E-state index in [0.717, 1.165) is 24.5 Å². The van der Waals surface area contributed by atoms with Crippen LogP contribution in [0.25, 0.3) is 0 Å². The summed E-state index contributed by atoms with van der Waals surface area (Å²) < 4.78 is 1.88. The number of rotatable bonds is 6. The van der Waals surface area contributed by atoms with Gasteiger partial charge in [0.2, 0.25) is 0 Å². The predicted molar refractivity (Wildman–Crippen MR) is 108 cm³/mol. The molecule has 0 fully saturated rings. The van der Waals surface area contributed by atoms with Gasteiger partial charge in [0.1, 0.15) is 0 Å². The maximum atomic E-state index is 9.38. The molecule has 0 aliphatic heterocycles. The lowest BCUT2D eigenvalue weighted by atomic mass is 10.00. The summed E-state index contributed by atoms with van der Waals surface area (Å²) >= 11 is 0. The van der Waals surface area contributed by atoms with Gasteiger partial charge in [0.25, 0.3) is 0 Å². The van der Waals surface area contributed by atoms with Crippen LogP contribution in [0.3, 0.4) is 0 Å². The van der Waals surface area contributed by atoms with Crippen LogP contribution in [0.15, 0.2) is 54.6 Å². The molecule has 0 bridgehead atoms. The van der Waals surface area contributed by atoms with E-state index in [2.05, 4.69) is 66.3 Å². The lowest BCUT2D eigenvalue weighted by Crippen LogP contribution is -2.35. The van der Waals surface area contributed by atoms with Gasteiger partial charge in [0.05, 0.1) is 23.2 Å². The van der Waals surface area contributed by atoms with E-state index < -0.39 is 0 Å². The van der Waals surface area contributed by atoms with Crippen molar-refractivity contribution >= 4 is 0 Å². The lowest BCUT2D eigenvalue weighted by molar-refractivity contribution is 0.203. The minimum Gasteiger partial charge on any atom is -0.286 e. The summed E-state index contributed by atoms with van der Waals surface area (Å²) in [6.07, 6.45) is 0. The van der Waals surface area contributed by atoms with Crippen molar-refractivity contribution in [2.45, 2.75) is 45.8 Å². The molecular weight excluding hydrogens is 348 g/mol. The van der Waals surface area contributed by atoms with Crippen molar-refractivity contribution in [3.05, 3.63) is 77.1 Å². The van der Waals surface area contributed by atoms with Crippen molar-refractivity contribution in [3.8, 4) is 6.07 Å². The molecule has 144 valence electrons. The van der Waals surface area contributed by atoms with Crippen molar-refractivity contribution in [2.75, 3.05) is 6.54 Å². The number of hydrogen-bond donors (Lipinski definition) is 0. The molecule has 0 spiro atoms. The van der Waals surface area contributed by atoms with Gasteiger partial charge in [0, 0.05) is 6.54 Å². The summed E-state index contributed by atoms with van der Waals surface area (Å²) in [6, 6.07) is 20.2. The molecule has 0 unspecified atom stereocenters. The summed E-state index contributed by atoms with van der Waals surface area (Å²) in [5.74, 6) is 0.778. The van der Waals surface area contributed by atoms with Crippen molar-refractivity contribution in [1.82, 2.24) is 25.1 Å². The topological polar surface area (TPSA) is 70.6 Å². The molecule has 0 aliphatic carbocycles. The molecular formula is C22H26N6. The Hall–Kier alpha value is -3.04. The van der Waals surface area contributed by atoms with Gasteiger partial charge in [-0.15, -0.1) is 5.10 Å². The molecule has 1 heterocycles. The molecule has 2 aromatic carbocycles. The maximum Gasteiger partial charge on any atom is 0.173 e. The van der Waals surface area contributed by atoms with Crippen LogP contribution in [0.1, 0.15) is 56.3 Å². The lowest BCUT2D eigenvalue weighted by Gasteiger charge is -2.32. The van der Waals surface area contributed by atoms with Gasteiger partial charge in [-0.3, -0.25) is 4.90 Å². The second-order valence-corrected chi connectivity index (χ2v) is 7.81. The SMILES string of the molecule is CCN(Cc1ccccc1)[C@H](c1cccc(C#N)c1)c1nnnn1C(C)(C)C. The van der Waals surface area contributed by atoms with E-state index in [1.165, 1.54) is 5.56 Å². The Morgan fingerprint density at radius 2 is 1.86 bits per heavy atom. The first-order valence-electron chi connectivity index (χ1n) is 9.51. The van der Waals surface area contributed by atoms with E-state index in [9.17, 15) is 5.26 Å². The van der Waals surface area contributed by atoms with E-state index in [1.54, 1.807) is 0 Å². The smallest absolute Gasteiger partial charge is 0.173 e. The van der Waals surface area contributed by atoms with Crippen molar-refractivity contribution in [2.24, 2.45) is 0 Å². The third kappa shape index (κ3) is 4.26. The highest BCUT2D eigenvalue weighted by Gasteiger charge is 2.31. The number of benzene rings is 2. The minimum absolute atomic E-state index is 0.160. The molecule has 28 heavy (non-hydrogen) atoms. The first kappa shape index (κ1) is 19.7. The normalized spacial score (nSPS) is 12.7. The average Bonchev–Trinajstić information content (AvgIpc) is 3.18. The molecule has 1 atom stereocenters. The zero-order valence-electron chi connectivity index (χ0n) is 16.9. The predicted octanol–water partition coefficient (Wildman–Crippen LogP) is 3.91. The van der Waals surface area contributed by atoms with Crippen LogP contribution in [0, 0.1) is 11.3 Å². The zero-order valence-corrected chi connectivity index (χ0v) is 16.9. The molecule has 0 radical (unpaired) electrons. The standard InChI is InChI=1S/C22H26N6/c1-5-27(16-17-10-7-6-8-11-17)20(19-13-9-12-18(14-19)15-23)21-24-25-26-28(21)22(2,3)4/h6-14,20H,5,16H2,1-4H3/t20-/m1/s1. The first-order chi connectivity index (χ1) is 13.4. The largest absolute Gasteiger partial charge is 0.286 e. The average molecular weight is 374 g/mol. The van der Waals surface area contributed by atoms with Crippen LogP contribution in [0.2, 0.25) is 0 Å². The summed E-state index contributed by atoms with van der Waals surface area (Å²) in [7, 11) is 0. The number of nitrogens with zero attached hydrogens (tertiary/aromatic N) is 6. The Morgan fingerprint density at radius 3 is 2.50 bits per heavy atom. The first-order valence-corrected chi connectivity index (χ1v) is 9.51. The van der Waals surface area contributed by atoms with Crippen LogP contribution < -0.4 is 0 Å². The molecule has 0 N–H and O–H groups in total. The number of aromatic nitrogens is 4. The van der Waals surface area contributed by atoms with E-state index in [1.807, 2.05) is 47.1 Å². The van der Waals surface area contributed by atoms with Crippen LogP contribution >= 0.6 is 0 Å². The van der Waals surface area contributed by atoms with E-state index in [0.29, 0.717) is 5.56 Å². The van der Waals surface area contributed by atoms with Gasteiger partial charge in [-0.1, -0.05) is 49.4 Å². The maximum absolute atomic E-state index is 9.38. The van der Waals surface area contributed by atoms with Crippen LogP contribution in [0.5, 0.6) is 0 Å². The van der Waals surface area contributed by atoms with Crippen LogP contribution in [-0.4, -0.2) is 31.7 Å². The molecule has 0 saturated carbocycles. The Balaban J connectivity index is 2.11. The highest BCUT2D eigenvalue weighted by molar-refractivity contribution is 5.36. The van der Waals surface area contributed by atoms with Gasteiger partial charge < -0.3 is 0 Å². The number of tetrazole rings is 1. The quantitative estimate of drug-likeness (QED) is 0.654. The third-order valence-corrected chi connectivity index (χ3v) is 4.70. The summed E-state index contributed by atoms with van der Waals surface area (Å²) in [5.41, 5.74) is 2.61. The second kappa shape index (κ2) is 8.32. The van der Waals surface area contributed by atoms with Crippen LogP contribution in [-0.2, 0) is 12.1 Å². The molecule has 0 amide bonds. The second-order valence-electron chi connectivity index (χ2n) is 7.81. The summed E-state index contributed by atoms with van der Waals surface area (Å²) in [6.45, 7) is 9.97. The van der Waals surface area contributed by atoms with E-state index in [4.69, 9.17) is 0 Å². The summed E-state index contributed by atoms with van der Waals surface area (Å²) in [4.78, 5) is 2.33. The molecule has 1 aromatic heterocycles. The fourth-order valence-electron chi connectivity index (χ4n) is 3.35. The Labute approximate surface area is 166 Å². The van der Waals surface area contributed by atoms with Gasteiger partial charge in [-0.25, -0.2) is 4.68 Å². The Bertz CT molecular complexity index is 949. The number of hydrogen-bond acceptors (Lipinski definition) is 5. The van der Waals surface area contributed by atoms with Crippen molar-refractivity contribution in [3.63, 3.8) is 0 Å². The molecule has 6 nitrogen and oxygen atoms in total. The van der Waals surface area contributed by atoms with E-state index in [-0.39, 0.29) is 11.6 Å². The third-order valence-electron chi connectivity index (χ3n) is 4.70. The Morgan fingerprint density at radius 1 is 1.11 bits per heavy atom. The van der Waals surface area contributed by atoms with Gasteiger partial charge >= 0.3 is 0 Å². The molecule has 0 saturated heterocycles. The highest BCUT2D eigenvalue weighted by atomic mass is 15.6. The van der Waals surface area contributed by atoms with Crippen molar-refractivity contribution < 1.29 is 0 Å². The number of nitriles is 1. The fraction of sp³-hybridized carbons (Fsp3) is 0.364. The molecule has 0 aliphatic rings. The fourth-order valence-corrected chi connectivity index (χ4v) is 3.35. The van der Waals surface area contributed by atoms with Crippen molar-refractivity contribution in [1.29, 1.82) is 5.26 Å². The Kier molecular flexibility index (Phi) is 5.86. The van der Waals surface area contributed by atoms with Crippen LogP contribution in [0.4, 0.5) is 0 Å². The zero-order chi connectivity index (χ0) is 20.1. The summed E-state index contributed by atoms with van der Waals surface area (Å²) in [5, 5.41) is 22.0. The monoisotopic (exact) mass is 374 g/mol. The van der Waals surface area contributed by atoms with Gasteiger partial charge in [-0.05, 0) is 61.0 Å². The van der Waals surface area contributed by atoms with E-state index >= 15 is 0 Å². The molecule has 3 aromatic rings.